The van der Waals surface area contributed by atoms with E-state index in [-0.39, 0.29) is 4.90 Å². The van der Waals surface area contributed by atoms with Crippen LogP contribution in [0.4, 0.5) is 0 Å². The van der Waals surface area contributed by atoms with Gasteiger partial charge in [-0.3, -0.25) is 4.68 Å². The molecule has 1 rings (SSSR count). The number of hydrogen-bond donors (Lipinski definition) is 2. The molecule has 19 heavy (non-hydrogen) atoms. The average Bonchev–Trinajstić information content (AvgIpc) is 2.85. The SMILES string of the molecule is CCCCCCNS(=O)(=O)c1cnn(CCCN)c1. The first-order valence-electron chi connectivity index (χ1n) is 6.82. The maximum Gasteiger partial charge on any atom is 0.243 e. The molecule has 0 unspecified atom stereocenters. The number of aromatic nitrogens is 2. The molecule has 3 N–H and O–H groups in total. The topological polar surface area (TPSA) is 90.0 Å². The Hall–Kier alpha value is -0.920. The van der Waals surface area contributed by atoms with Gasteiger partial charge in [0.2, 0.25) is 10.0 Å². The number of sulfonamides is 1. The maximum absolute atomic E-state index is 12.0. The van der Waals surface area contributed by atoms with Crippen molar-refractivity contribution in [2.45, 2.75) is 50.5 Å². The molecule has 1 heterocycles. The molecule has 1 aromatic rings. The summed E-state index contributed by atoms with van der Waals surface area (Å²) in [4.78, 5) is 0.222. The Labute approximate surface area is 115 Å². The first kappa shape index (κ1) is 16.1. The van der Waals surface area contributed by atoms with E-state index in [0.717, 1.165) is 32.1 Å². The lowest BCUT2D eigenvalue weighted by molar-refractivity contribution is 0.570. The van der Waals surface area contributed by atoms with Crippen LogP contribution in [0.5, 0.6) is 0 Å². The van der Waals surface area contributed by atoms with Crippen molar-refractivity contribution < 1.29 is 8.42 Å². The molecule has 0 amide bonds. The second-order valence-electron chi connectivity index (χ2n) is 4.54. The van der Waals surface area contributed by atoms with Crippen LogP contribution < -0.4 is 10.5 Å². The van der Waals surface area contributed by atoms with E-state index < -0.39 is 10.0 Å². The molecule has 0 spiro atoms. The molecular weight excluding hydrogens is 264 g/mol. The van der Waals surface area contributed by atoms with Gasteiger partial charge >= 0.3 is 0 Å². The van der Waals surface area contributed by atoms with Crippen LogP contribution in [0.1, 0.15) is 39.0 Å². The molecule has 0 radical (unpaired) electrons. The first-order valence-corrected chi connectivity index (χ1v) is 8.30. The van der Waals surface area contributed by atoms with Gasteiger partial charge in [0.05, 0.1) is 6.20 Å². The minimum Gasteiger partial charge on any atom is -0.330 e. The first-order chi connectivity index (χ1) is 9.10. The van der Waals surface area contributed by atoms with Crippen LogP contribution in [0.25, 0.3) is 0 Å². The molecule has 0 aliphatic rings. The molecule has 0 fully saturated rings. The Balaban J connectivity index is 2.45. The summed E-state index contributed by atoms with van der Waals surface area (Å²) in [6.07, 6.45) is 7.91. The quantitative estimate of drug-likeness (QED) is 0.631. The van der Waals surface area contributed by atoms with Gasteiger partial charge in [0.1, 0.15) is 4.90 Å². The lowest BCUT2D eigenvalue weighted by Crippen LogP contribution is -2.24. The Morgan fingerprint density at radius 3 is 2.79 bits per heavy atom. The monoisotopic (exact) mass is 288 g/mol. The van der Waals surface area contributed by atoms with Crippen molar-refractivity contribution in [3.8, 4) is 0 Å². The van der Waals surface area contributed by atoms with Crippen molar-refractivity contribution in [2.24, 2.45) is 5.73 Å². The second-order valence-corrected chi connectivity index (χ2v) is 6.31. The lowest BCUT2D eigenvalue weighted by Gasteiger charge is -2.04. The van der Waals surface area contributed by atoms with E-state index >= 15 is 0 Å². The zero-order valence-corrected chi connectivity index (χ0v) is 12.3. The molecule has 0 aliphatic carbocycles. The zero-order chi connectivity index (χ0) is 14.1. The van der Waals surface area contributed by atoms with Crippen molar-refractivity contribution in [3.63, 3.8) is 0 Å². The van der Waals surface area contributed by atoms with Crippen LogP contribution in [0, 0.1) is 0 Å². The van der Waals surface area contributed by atoms with Crippen LogP contribution in [-0.2, 0) is 16.6 Å². The predicted octanol–water partition coefficient (Wildman–Crippen LogP) is 1.09. The number of nitrogens with one attached hydrogen (secondary N) is 1. The zero-order valence-electron chi connectivity index (χ0n) is 11.5. The highest BCUT2D eigenvalue weighted by atomic mass is 32.2. The highest BCUT2D eigenvalue weighted by Crippen LogP contribution is 2.07. The number of rotatable bonds is 10. The number of nitrogens with zero attached hydrogens (tertiary/aromatic N) is 2. The molecule has 0 bridgehead atoms. The fourth-order valence-corrected chi connectivity index (χ4v) is 2.73. The molecule has 0 aromatic carbocycles. The van der Waals surface area contributed by atoms with Gasteiger partial charge in [-0.15, -0.1) is 0 Å². The Bertz CT molecular complexity index is 456. The van der Waals surface area contributed by atoms with Crippen LogP contribution in [0.3, 0.4) is 0 Å². The molecule has 0 saturated heterocycles. The van der Waals surface area contributed by atoms with Crippen molar-refractivity contribution in [1.29, 1.82) is 0 Å². The van der Waals surface area contributed by atoms with Gasteiger partial charge in [0.25, 0.3) is 0 Å². The minimum absolute atomic E-state index is 0.222. The number of aryl methyl sites for hydroxylation is 1. The van der Waals surface area contributed by atoms with Crippen molar-refractivity contribution in [1.82, 2.24) is 14.5 Å². The highest BCUT2D eigenvalue weighted by molar-refractivity contribution is 7.89. The van der Waals surface area contributed by atoms with Gasteiger partial charge in [-0.25, -0.2) is 13.1 Å². The molecule has 0 saturated carbocycles. The van der Waals surface area contributed by atoms with E-state index in [1.165, 1.54) is 6.20 Å². The van der Waals surface area contributed by atoms with E-state index in [1.807, 2.05) is 0 Å². The molecule has 0 aliphatic heterocycles. The fourth-order valence-electron chi connectivity index (χ4n) is 1.70. The van der Waals surface area contributed by atoms with Gasteiger partial charge in [0, 0.05) is 19.3 Å². The lowest BCUT2D eigenvalue weighted by atomic mass is 10.2. The van der Waals surface area contributed by atoms with E-state index in [4.69, 9.17) is 5.73 Å². The third kappa shape index (κ3) is 5.71. The third-order valence-corrected chi connectivity index (χ3v) is 4.25. The van der Waals surface area contributed by atoms with Gasteiger partial charge in [-0.2, -0.15) is 5.10 Å². The van der Waals surface area contributed by atoms with Gasteiger partial charge < -0.3 is 5.73 Å². The summed E-state index contributed by atoms with van der Waals surface area (Å²) in [6.45, 7) is 3.82. The summed E-state index contributed by atoms with van der Waals surface area (Å²) in [5.41, 5.74) is 5.40. The van der Waals surface area contributed by atoms with E-state index in [1.54, 1.807) is 10.9 Å². The van der Waals surface area contributed by atoms with Crippen molar-refractivity contribution >= 4 is 10.0 Å². The summed E-state index contributed by atoms with van der Waals surface area (Å²) in [6, 6.07) is 0. The van der Waals surface area contributed by atoms with E-state index in [2.05, 4.69) is 16.7 Å². The van der Waals surface area contributed by atoms with E-state index in [9.17, 15) is 8.42 Å². The summed E-state index contributed by atoms with van der Waals surface area (Å²) in [7, 11) is -3.42. The fraction of sp³-hybridized carbons (Fsp3) is 0.750. The van der Waals surface area contributed by atoms with Gasteiger partial charge in [-0.05, 0) is 19.4 Å². The smallest absolute Gasteiger partial charge is 0.243 e. The molecule has 110 valence electrons. The molecule has 0 atom stereocenters. The predicted molar refractivity (Wildman–Crippen MR) is 75.2 cm³/mol. The van der Waals surface area contributed by atoms with Crippen molar-refractivity contribution in [2.75, 3.05) is 13.1 Å². The normalized spacial score (nSPS) is 11.9. The average molecular weight is 288 g/mol. The molecular formula is C12H24N4O2S. The number of hydrogen-bond acceptors (Lipinski definition) is 4. The van der Waals surface area contributed by atoms with Crippen LogP contribution in [-0.4, -0.2) is 31.3 Å². The van der Waals surface area contributed by atoms with Crippen LogP contribution >= 0.6 is 0 Å². The minimum atomic E-state index is -3.42. The molecule has 6 nitrogen and oxygen atoms in total. The Morgan fingerprint density at radius 1 is 1.32 bits per heavy atom. The number of nitrogens with two attached hydrogens (primary N) is 1. The third-order valence-electron chi connectivity index (χ3n) is 2.83. The second kappa shape index (κ2) is 8.29. The summed E-state index contributed by atoms with van der Waals surface area (Å²) in [5, 5.41) is 4.02. The van der Waals surface area contributed by atoms with E-state index in [0.29, 0.717) is 19.6 Å². The van der Waals surface area contributed by atoms with Crippen LogP contribution in [0.15, 0.2) is 17.3 Å². The largest absolute Gasteiger partial charge is 0.330 e. The molecule has 7 heteroatoms. The Kier molecular flexibility index (Phi) is 7.04. The number of unbranched alkanes of at least 4 members (excludes halogenated alkanes) is 3. The van der Waals surface area contributed by atoms with Crippen molar-refractivity contribution in [3.05, 3.63) is 12.4 Å². The highest BCUT2D eigenvalue weighted by Gasteiger charge is 2.15. The van der Waals surface area contributed by atoms with Crippen LogP contribution in [0.2, 0.25) is 0 Å². The Morgan fingerprint density at radius 2 is 2.11 bits per heavy atom. The molecule has 1 aromatic heterocycles. The standard InChI is InChI=1S/C12H24N4O2S/c1-2-3-4-5-8-15-19(17,18)12-10-14-16(11-12)9-6-7-13/h10-11,15H,2-9,13H2,1H3. The van der Waals surface area contributed by atoms with Gasteiger partial charge in [0.15, 0.2) is 0 Å². The summed E-state index contributed by atoms with van der Waals surface area (Å²) >= 11 is 0. The van der Waals surface area contributed by atoms with Gasteiger partial charge in [-0.1, -0.05) is 26.2 Å². The summed E-state index contributed by atoms with van der Waals surface area (Å²) < 4.78 is 28.1. The summed E-state index contributed by atoms with van der Waals surface area (Å²) in [5.74, 6) is 0. The maximum atomic E-state index is 12.0.